The van der Waals surface area contributed by atoms with Crippen molar-refractivity contribution in [2.24, 2.45) is 0 Å². The van der Waals surface area contributed by atoms with Crippen LogP contribution in [0, 0.1) is 0 Å². The van der Waals surface area contributed by atoms with Gasteiger partial charge in [-0.15, -0.1) is 6.58 Å². The van der Waals surface area contributed by atoms with Crippen molar-refractivity contribution in [2.75, 3.05) is 0 Å². The van der Waals surface area contributed by atoms with Crippen LogP contribution >= 0.6 is 0 Å². The molecule has 70 valence electrons. The number of fused-ring (bicyclic) bond motifs is 1. The lowest BCUT2D eigenvalue weighted by Gasteiger charge is -2.05. The number of hydrogen-bond donors (Lipinski definition) is 0. The molecule has 0 saturated carbocycles. The number of allylic oxidation sites excluding steroid dienone is 1. The van der Waals surface area contributed by atoms with Gasteiger partial charge in [0.2, 0.25) is 5.43 Å². The van der Waals surface area contributed by atoms with E-state index >= 15 is 0 Å². The van der Waals surface area contributed by atoms with Crippen molar-refractivity contribution in [2.45, 2.75) is 6.54 Å². The van der Waals surface area contributed by atoms with Gasteiger partial charge in [0.1, 0.15) is 0 Å². The Morgan fingerprint density at radius 3 is 3.00 bits per heavy atom. The molecule has 0 aliphatic rings. The lowest BCUT2D eigenvalue weighted by atomic mass is 10.2. The van der Waals surface area contributed by atoms with Crippen LogP contribution in [0.5, 0.6) is 0 Å². The van der Waals surface area contributed by atoms with Crippen LogP contribution in [0.25, 0.3) is 10.9 Å². The monoisotopic (exact) mass is 186 g/mol. The molecule has 14 heavy (non-hydrogen) atoms. The molecule has 1 aromatic carbocycles. The Hall–Kier alpha value is -1.90. The van der Waals surface area contributed by atoms with E-state index in [0.29, 0.717) is 11.9 Å². The summed E-state index contributed by atoms with van der Waals surface area (Å²) in [6, 6.07) is 7.43. The van der Waals surface area contributed by atoms with Crippen LogP contribution in [-0.4, -0.2) is 9.78 Å². The first kappa shape index (κ1) is 8.69. The molecule has 1 heterocycles. The Kier molecular flexibility index (Phi) is 2.14. The Labute approximate surface area is 81.3 Å². The summed E-state index contributed by atoms with van der Waals surface area (Å²) in [5, 5.41) is 4.73. The average molecular weight is 186 g/mol. The largest absolute Gasteiger partial charge is 0.287 e. The van der Waals surface area contributed by atoms with E-state index < -0.39 is 0 Å². The zero-order valence-corrected chi connectivity index (χ0v) is 7.68. The molecule has 0 bridgehead atoms. The van der Waals surface area contributed by atoms with Gasteiger partial charge in [0.05, 0.1) is 18.3 Å². The molecule has 1 aromatic heterocycles. The van der Waals surface area contributed by atoms with Gasteiger partial charge in [0.25, 0.3) is 0 Å². The van der Waals surface area contributed by atoms with Crippen LogP contribution in [0.3, 0.4) is 0 Å². The van der Waals surface area contributed by atoms with Gasteiger partial charge in [-0.1, -0.05) is 18.2 Å². The quantitative estimate of drug-likeness (QED) is 0.667. The number of nitrogens with zero attached hydrogens (tertiary/aromatic N) is 2. The van der Waals surface area contributed by atoms with Crippen molar-refractivity contribution in [3.05, 3.63) is 53.3 Å². The maximum atomic E-state index is 11.4. The van der Waals surface area contributed by atoms with Crippen molar-refractivity contribution < 1.29 is 0 Å². The second-order valence-electron chi connectivity index (χ2n) is 3.00. The number of benzene rings is 1. The highest BCUT2D eigenvalue weighted by atomic mass is 16.1. The fraction of sp³-hybridized carbons (Fsp3) is 0.0909. The molecule has 0 spiro atoms. The van der Waals surface area contributed by atoms with E-state index in [1.807, 2.05) is 18.2 Å². The molecule has 0 atom stereocenters. The Morgan fingerprint density at radius 1 is 1.43 bits per heavy atom. The number of hydrogen-bond acceptors (Lipinski definition) is 2. The van der Waals surface area contributed by atoms with Crippen LogP contribution in [-0.2, 0) is 6.54 Å². The van der Waals surface area contributed by atoms with Crippen LogP contribution in [0.15, 0.2) is 47.9 Å². The van der Waals surface area contributed by atoms with Gasteiger partial charge in [-0.05, 0) is 12.1 Å². The van der Waals surface area contributed by atoms with E-state index in [1.165, 1.54) is 6.20 Å². The SMILES string of the molecule is C=CCn1ncc(=O)c2ccccc21. The minimum absolute atomic E-state index is 0.0408. The molecule has 2 aromatic rings. The van der Waals surface area contributed by atoms with Crippen LogP contribution in [0.1, 0.15) is 0 Å². The van der Waals surface area contributed by atoms with Gasteiger partial charge in [0.15, 0.2) is 0 Å². The number of para-hydroxylation sites is 1. The molecule has 0 unspecified atom stereocenters. The summed E-state index contributed by atoms with van der Waals surface area (Å²) in [4.78, 5) is 11.4. The highest BCUT2D eigenvalue weighted by Gasteiger charge is 2.00. The minimum Gasteiger partial charge on any atom is -0.287 e. The van der Waals surface area contributed by atoms with Crippen molar-refractivity contribution >= 4 is 10.9 Å². The van der Waals surface area contributed by atoms with Crippen molar-refractivity contribution in [3.8, 4) is 0 Å². The Balaban J connectivity index is 2.81. The molecule has 0 aliphatic carbocycles. The second-order valence-corrected chi connectivity index (χ2v) is 3.00. The van der Waals surface area contributed by atoms with Crippen LogP contribution in [0.4, 0.5) is 0 Å². The van der Waals surface area contributed by atoms with E-state index in [2.05, 4.69) is 11.7 Å². The molecule has 3 nitrogen and oxygen atoms in total. The lowest BCUT2D eigenvalue weighted by molar-refractivity contribution is 0.710. The second kappa shape index (κ2) is 3.46. The highest BCUT2D eigenvalue weighted by molar-refractivity contribution is 5.77. The fourth-order valence-corrected chi connectivity index (χ4v) is 1.43. The normalized spacial score (nSPS) is 10.3. The predicted molar refractivity (Wildman–Crippen MR) is 56.2 cm³/mol. The van der Waals surface area contributed by atoms with Crippen molar-refractivity contribution in [1.29, 1.82) is 0 Å². The summed E-state index contributed by atoms with van der Waals surface area (Å²) >= 11 is 0. The number of aromatic nitrogens is 2. The molecule has 0 fully saturated rings. The van der Waals surface area contributed by atoms with Gasteiger partial charge in [-0.25, -0.2) is 0 Å². The molecular weight excluding hydrogens is 176 g/mol. The maximum absolute atomic E-state index is 11.4. The molecule has 3 heteroatoms. The Bertz CT molecular complexity index is 528. The standard InChI is InChI=1S/C11H10N2O/c1-2-7-13-10-6-4-3-5-9(10)11(14)8-12-13/h2-6,8H,1,7H2. The summed E-state index contributed by atoms with van der Waals surface area (Å²) in [5.41, 5.74) is 0.806. The third kappa shape index (κ3) is 1.33. The number of rotatable bonds is 2. The molecule has 0 aliphatic heterocycles. The smallest absolute Gasteiger partial charge is 0.207 e. The molecular formula is C11H10N2O. The van der Waals surface area contributed by atoms with Gasteiger partial charge < -0.3 is 0 Å². The summed E-state index contributed by atoms with van der Waals surface area (Å²) in [5.74, 6) is 0. The van der Waals surface area contributed by atoms with E-state index in [1.54, 1.807) is 16.8 Å². The predicted octanol–water partition coefficient (Wildman–Crippen LogP) is 1.58. The highest BCUT2D eigenvalue weighted by Crippen LogP contribution is 2.07. The third-order valence-corrected chi connectivity index (χ3v) is 2.06. The molecule has 0 N–H and O–H groups in total. The van der Waals surface area contributed by atoms with Gasteiger partial charge >= 0.3 is 0 Å². The topological polar surface area (TPSA) is 34.9 Å². The van der Waals surface area contributed by atoms with Gasteiger partial charge in [-0.2, -0.15) is 5.10 Å². The summed E-state index contributed by atoms with van der Waals surface area (Å²) < 4.78 is 1.75. The van der Waals surface area contributed by atoms with Gasteiger partial charge in [-0.3, -0.25) is 9.48 Å². The average Bonchev–Trinajstić information content (AvgIpc) is 2.23. The van der Waals surface area contributed by atoms with E-state index in [-0.39, 0.29) is 5.43 Å². The summed E-state index contributed by atoms with van der Waals surface area (Å²) in [6.07, 6.45) is 3.09. The first-order valence-corrected chi connectivity index (χ1v) is 4.38. The van der Waals surface area contributed by atoms with Gasteiger partial charge in [0, 0.05) is 5.39 Å². The fourth-order valence-electron chi connectivity index (χ4n) is 1.43. The molecule has 0 radical (unpaired) electrons. The Morgan fingerprint density at radius 2 is 2.21 bits per heavy atom. The van der Waals surface area contributed by atoms with Crippen molar-refractivity contribution in [1.82, 2.24) is 9.78 Å². The van der Waals surface area contributed by atoms with Crippen molar-refractivity contribution in [3.63, 3.8) is 0 Å². The lowest BCUT2D eigenvalue weighted by Crippen LogP contribution is -2.11. The zero-order chi connectivity index (χ0) is 9.97. The third-order valence-electron chi connectivity index (χ3n) is 2.06. The van der Waals surface area contributed by atoms with Crippen LogP contribution < -0.4 is 5.43 Å². The van der Waals surface area contributed by atoms with E-state index in [4.69, 9.17) is 0 Å². The van der Waals surface area contributed by atoms with Crippen LogP contribution in [0.2, 0.25) is 0 Å². The molecule has 2 rings (SSSR count). The maximum Gasteiger partial charge on any atom is 0.207 e. The summed E-state index contributed by atoms with van der Waals surface area (Å²) in [7, 11) is 0. The molecule has 0 saturated heterocycles. The molecule has 0 amide bonds. The first-order valence-electron chi connectivity index (χ1n) is 4.38. The summed E-state index contributed by atoms with van der Waals surface area (Å²) in [6.45, 7) is 4.26. The van der Waals surface area contributed by atoms with E-state index in [9.17, 15) is 4.79 Å². The zero-order valence-electron chi connectivity index (χ0n) is 7.68. The minimum atomic E-state index is -0.0408. The first-order chi connectivity index (χ1) is 6.83. The van der Waals surface area contributed by atoms with E-state index in [0.717, 1.165) is 5.52 Å².